The molecular weight excluding hydrogens is 364 g/mol. The quantitative estimate of drug-likeness (QED) is 0.733. The molecular formula is C19H33BrN4. The van der Waals surface area contributed by atoms with Crippen LogP contribution in [0.15, 0.2) is 22.7 Å². The predicted octanol–water partition coefficient (Wildman–Crippen LogP) is 2.38. The topological polar surface area (TPSA) is 39.3 Å². The summed E-state index contributed by atoms with van der Waals surface area (Å²) in [6.07, 6.45) is 3.49. The van der Waals surface area contributed by atoms with Crippen molar-refractivity contribution in [3.05, 3.63) is 33.8 Å². The summed E-state index contributed by atoms with van der Waals surface area (Å²) in [7, 11) is 0. The summed E-state index contributed by atoms with van der Waals surface area (Å²) in [6.45, 7) is 12.0. The molecule has 0 spiro atoms. The molecule has 0 radical (unpaired) electrons. The summed E-state index contributed by atoms with van der Waals surface area (Å²) in [4.78, 5) is 2.57. The lowest BCUT2D eigenvalue weighted by Crippen LogP contribution is -2.36. The Balaban J connectivity index is 1.88. The van der Waals surface area contributed by atoms with Crippen molar-refractivity contribution in [3.63, 3.8) is 0 Å². The third kappa shape index (κ3) is 7.62. The highest BCUT2D eigenvalue weighted by atomic mass is 79.9. The van der Waals surface area contributed by atoms with Gasteiger partial charge in [-0.3, -0.25) is 4.90 Å². The lowest BCUT2D eigenvalue weighted by Gasteiger charge is -2.24. The van der Waals surface area contributed by atoms with Crippen LogP contribution < -0.4 is 16.0 Å². The zero-order valence-corrected chi connectivity index (χ0v) is 16.6. The number of aryl methyl sites for hydroxylation is 1. The molecule has 1 saturated heterocycles. The van der Waals surface area contributed by atoms with Crippen LogP contribution in [0.5, 0.6) is 0 Å². The molecule has 5 heteroatoms. The van der Waals surface area contributed by atoms with Crippen LogP contribution >= 0.6 is 15.9 Å². The first-order valence-corrected chi connectivity index (χ1v) is 10.2. The predicted molar refractivity (Wildman–Crippen MR) is 107 cm³/mol. The fourth-order valence-corrected chi connectivity index (χ4v) is 3.56. The van der Waals surface area contributed by atoms with E-state index in [1.807, 2.05) is 0 Å². The summed E-state index contributed by atoms with van der Waals surface area (Å²) in [5.74, 6) is 0. The molecule has 1 fully saturated rings. The molecule has 2 rings (SSSR count). The zero-order chi connectivity index (χ0) is 17.0. The van der Waals surface area contributed by atoms with Crippen LogP contribution in [0.1, 0.15) is 30.9 Å². The van der Waals surface area contributed by atoms with Crippen molar-refractivity contribution in [3.8, 4) is 0 Å². The van der Waals surface area contributed by atoms with Gasteiger partial charge in [-0.15, -0.1) is 0 Å². The van der Waals surface area contributed by atoms with Gasteiger partial charge in [-0.2, -0.15) is 0 Å². The van der Waals surface area contributed by atoms with Crippen LogP contribution in [-0.2, 0) is 13.0 Å². The molecule has 1 aromatic rings. The van der Waals surface area contributed by atoms with Gasteiger partial charge in [0.15, 0.2) is 0 Å². The van der Waals surface area contributed by atoms with Gasteiger partial charge in [-0.1, -0.05) is 35.0 Å². The molecule has 1 aliphatic rings. The number of hydrogen-bond donors (Lipinski definition) is 3. The van der Waals surface area contributed by atoms with E-state index in [-0.39, 0.29) is 0 Å². The Kier molecular flexibility index (Phi) is 9.92. The van der Waals surface area contributed by atoms with Gasteiger partial charge in [0, 0.05) is 37.2 Å². The molecule has 1 aromatic carbocycles. The van der Waals surface area contributed by atoms with Crippen LogP contribution in [0.2, 0.25) is 0 Å². The van der Waals surface area contributed by atoms with Crippen LogP contribution in [0.4, 0.5) is 0 Å². The second-order valence-corrected chi connectivity index (χ2v) is 7.37. The minimum absolute atomic E-state index is 1.02. The van der Waals surface area contributed by atoms with Crippen molar-refractivity contribution in [2.45, 2.75) is 32.7 Å². The van der Waals surface area contributed by atoms with Crippen LogP contribution in [-0.4, -0.2) is 57.3 Å². The molecule has 3 N–H and O–H groups in total. The smallest absolute Gasteiger partial charge is 0.0245 e. The van der Waals surface area contributed by atoms with Crippen molar-refractivity contribution >= 4 is 15.9 Å². The standard InChI is InChI=1S/C19H33BrN4/c1-2-17-5-6-18(19(20)15-17)16-24-13-4-9-22-11-10-21-7-3-8-23-12-14-24/h5-6,15,21-23H,2-4,7-14,16H2,1H3. The Morgan fingerprint density at radius 1 is 0.917 bits per heavy atom. The molecule has 0 atom stereocenters. The van der Waals surface area contributed by atoms with E-state index in [2.05, 4.69) is 61.9 Å². The molecule has 0 aromatic heterocycles. The number of nitrogens with zero attached hydrogens (tertiary/aromatic N) is 1. The molecule has 4 nitrogen and oxygen atoms in total. The number of nitrogens with one attached hydrogen (secondary N) is 3. The van der Waals surface area contributed by atoms with E-state index in [0.717, 1.165) is 65.3 Å². The molecule has 0 saturated carbocycles. The second kappa shape index (κ2) is 12.0. The molecule has 0 aliphatic carbocycles. The third-order valence-corrected chi connectivity index (χ3v) is 5.28. The number of benzene rings is 1. The van der Waals surface area contributed by atoms with Gasteiger partial charge >= 0.3 is 0 Å². The summed E-state index contributed by atoms with van der Waals surface area (Å²) < 4.78 is 1.25. The largest absolute Gasteiger partial charge is 0.315 e. The summed E-state index contributed by atoms with van der Waals surface area (Å²) in [5.41, 5.74) is 2.79. The molecule has 0 amide bonds. The van der Waals surface area contributed by atoms with Crippen molar-refractivity contribution in [2.75, 3.05) is 52.4 Å². The van der Waals surface area contributed by atoms with Gasteiger partial charge in [-0.25, -0.2) is 0 Å². The fraction of sp³-hybridized carbons (Fsp3) is 0.684. The molecule has 1 aliphatic heterocycles. The highest BCUT2D eigenvalue weighted by Gasteiger charge is 2.09. The van der Waals surface area contributed by atoms with Crippen molar-refractivity contribution in [2.24, 2.45) is 0 Å². The Hall–Kier alpha value is -0.460. The lowest BCUT2D eigenvalue weighted by molar-refractivity contribution is 0.259. The fourth-order valence-electron chi connectivity index (χ4n) is 3.00. The Bertz CT molecular complexity index is 453. The van der Waals surface area contributed by atoms with Crippen molar-refractivity contribution < 1.29 is 0 Å². The monoisotopic (exact) mass is 396 g/mol. The van der Waals surface area contributed by atoms with Gasteiger partial charge in [-0.05, 0) is 62.6 Å². The SMILES string of the molecule is CCc1ccc(CN2CCCNCCNCCCNCC2)c(Br)c1. The van der Waals surface area contributed by atoms with E-state index in [9.17, 15) is 0 Å². The van der Waals surface area contributed by atoms with E-state index in [0.29, 0.717) is 0 Å². The first-order valence-electron chi connectivity index (χ1n) is 9.41. The molecule has 1 heterocycles. The maximum atomic E-state index is 3.76. The minimum atomic E-state index is 1.02. The molecule has 136 valence electrons. The minimum Gasteiger partial charge on any atom is -0.315 e. The van der Waals surface area contributed by atoms with Gasteiger partial charge in [0.05, 0.1) is 0 Å². The van der Waals surface area contributed by atoms with Crippen molar-refractivity contribution in [1.82, 2.24) is 20.9 Å². The average molecular weight is 397 g/mol. The highest BCUT2D eigenvalue weighted by molar-refractivity contribution is 9.10. The summed E-state index contributed by atoms with van der Waals surface area (Å²) in [6, 6.07) is 6.81. The van der Waals surface area contributed by atoms with E-state index in [4.69, 9.17) is 0 Å². The van der Waals surface area contributed by atoms with E-state index >= 15 is 0 Å². The average Bonchev–Trinajstić information content (AvgIpc) is 2.59. The lowest BCUT2D eigenvalue weighted by atomic mass is 10.1. The molecule has 24 heavy (non-hydrogen) atoms. The van der Waals surface area contributed by atoms with Crippen LogP contribution in [0.25, 0.3) is 0 Å². The van der Waals surface area contributed by atoms with Gasteiger partial charge in [0.1, 0.15) is 0 Å². The Morgan fingerprint density at radius 2 is 1.62 bits per heavy atom. The van der Waals surface area contributed by atoms with Gasteiger partial charge < -0.3 is 16.0 Å². The van der Waals surface area contributed by atoms with E-state index < -0.39 is 0 Å². The van der Waals surface area contributed by atoms with Crippen molar-refractivity contribution in [1.29, 1.82) is 0 Å². The van der Waals surface area contributed by atoms with Gasteiger partial charge in [0.25, 0.3) is 0 Å². The maximum absolute atomic E-state index is 3.76. The number of halogens is 1. The van der Waals surface area contributed by atoms with E-state index in [1.165, 1.54) is 28.4 Å². The Morgan fingerprint density at radius 3 is 2.33 bits per heavy atom. The summed E-state index contributed by atoms with van der Waals surface area (Å²) >= 11 is 3.76. The van der Waals surface area contributed by atoms with Gasteiger partial charge in [0.2, 0.25) is 0 Å². The first kappa shape index (κ1) is 19.9. The highest BCUT2D eigenvalue weighted by Crippen LogP contribution is 2.20. The van der Waals surface area contributed by atoms with Crippen LogP contribution in [0.3, 0.4) is 0 Å². The first-order chi connectivity index (χ1) is 11.8. The zero-order valence-electron chi connectivity index (χ0n) is 15.0. The molecule has 0 bridgehead atoms. The second-order valence-electron chi connectivity index (χ2n) is 6.51. The number of rotatable bonds is 3. The Labute approximate surface area is 155 Å². The normalized spacial score (nSPS) is 19.8. The molecule has 0 unspecified atom stereocenters. The number of hydrogen-bond acceptors (Lipinski definition) is 4. The van der Waals surface area contributed by atoms with E-state index in [1.54, 1.807) is 0 Å². The third-order valence-electron chi connectivity index (χ3n) is 4.54. The van der Waals surface area contributed by atoms with Crippen LogP contribution in [0, 0.1) is 0 Å². The summed E-state index contributed by atoms with van der Waals surface area (Å²) in [5, 5.41) is 10.6. The maximum Gasteiger partial charge on any atom is 0.0245 e.